The van der Waals surface area contributed by atoms with Crippen LogP contribution < -0.4 is 5.32 Å². The van der Waals surface area contributed by atoms with Crippen LogP contribution in [0, 0.1) is 11.3 Å². The Balaban J connectivity index is 2.67. The molecule has 0 aliphatic heterocycles. The third-order valence-corrected chi connectivity index (χ3v) is 4.49. The molecule has 2 rings (SSSR count). The van der Waals surface area contributed by atoms with Gasteiger partial charge in [0, 0.05) is 21.9 Å². The first kappa shape index (κ1) is 24.3. The van der Waals surface area contributed by atoms with Gasteiger partial charge in [-0.2, -0.15) is 18.4 Å². The van der Waals surface area contributed by atoms with E-state index in [9.17, 15) is 22.8 Å². The molecule has 0 unspecified atom stereocenters. The smallest absolute Gasteiger partial charge is 0.354 e. The van der Waals surface area contributed by atoms with Gasteiger partial charge in [0.2, 0.25) is 0 Å². The van der Waals surface area contributed by atoms with Gasteiger partial charge in [0.1, 0.15) is 28.9 Å². The SMILES string of the molecule is C=C/C=C\C(F)=C(/CCl)c1noc(/C(C)=C(/Nc2cccc(Cl)c2)C(F)(F)F)c1C#N. The van der Waals surface area contributed by atoms with Crippen LogP contribution in [0.3, 0.4) is 0 Å². The third-order valence-electron chi connectivity index (χ3n) is 3.98. The highest BCUT2D eigenvalue weighted by Crippen LogP contribution is 2.36. The topological polar surface area (TPSA) is 61.9 Å². The standard InChI is InChI=1S/C21H15Cl2F4N3O/c1-3-4-8-17(24)15(10-22)18-16(11-28)19(31-30-18)12(2)20(21(25,26)27)29-14-7-5-6-13(23)9-14/h3-9,29H,1,10H2,2H3/b8-4-,17-15-,20-12+. The molecule has 31 heavy (non-hydrogen) atoms. The Hall–Kier alpha value is -3.02. The molecule has 0 radical (unpaired) electrons. The maximum Gasteiger partial charge on any atom is 0.431 e. The van der Waals surface area contributed by atoms with Gasteiger partial charge in [-0.25, -0.2) is 4.39 Å². The zero-order chi connectivity index (χ0) is 23.2. The first-order valence-electron chi connectivity index (χ1n) is 8.58. The summed E-state index contributed by atoms with van der Waals surface area (Å²) in [6.45, 7) is 4.51. The number of nitrogens with one attached hydrogen (secondary N) is 1. The minimum Gasteiger partial charge on any atom is -0.354 e. The summed E-state index contributed by atoms with van der Waals surface area (Å²) in [4.78, 5) is 0. The van der Waals surface area contributed by atoms with Crippen LogP contribution in [0.4, 0.5) is 23.2 Å². The number of nitriles is 1. The quantitative estimate of drug-likeness (QED) is 0.262. The third kappa shape index (κ3) is 5.78. The minimum absolute atomic E-state index is 0.0689. The number of allylic oxidation sites excluding steroid dienone is 7. The molecule has 2 aromatic rings. The summed E-state index contributed by atoms with van der Waals surface area (Å²) in [5, 5.41) is 15.6. The number of benzene rings is 1. The maximum atomic E-state index is 14.4. The average Bonchev–Trinajstić information content (AvgIpc) is 3.13. The fourth-order valence-corrected chi connectivity index (χ4v) is 2.99. The van der Waals surface area contributed by atoms with E-state index >= 15 is 0 Å². The molecular weight excluding hydrogens is 457 g/mol. The molecule has 0 fully saturated rings. The summed E-state index contributed by atoms with van der Waals surface area (Å²) in [5.41, 5.74) is -2.47. The van der Waals surface area contributed by atoms with E-state index < -0.39 is 34.9 Å². The van der Waals surface area contributed by atoms with Crippen molar-refractivity contribution in [1.29, 1.82) is 5.26 Å². The van der Waals surface area contributed by atoms with E-state index in [2.05, 4.69) is 17.1 Å². The molecule has 1 aromatic heterocycles. The van der Waals surface area contributed by atoms with Crippen LogP contribution in [0.5, 0.6) is 0 Å². The number of anilines is 1. The number of halogens is 6. The van der Waals surface area contributed by atoms with E-state index in [4.69, 9.17) is 27.7 Å². The van der Waals surface area contributed by atoms with Gasteiger partial charge in [-0.05, 0) is 31.2 Å². The van der Waals surface area contributed by atoms with E-state index in [1.165, 1.54) is 36.4 Å². The van der Waals surface area contributed by atoms with Crippen molar-refractivity contribution in [2.75, 3.05) is 11.2 Å². The Labute approximate surface area is 185 Å². The molecule has 0 saturated heterocycles. The summed E-state index contributed by atoms with van der Waals surface area (Å²) in [6.07, 6.45) is -1.20. The highest BCUT2D eigenvalue weighted by atomic mass is 35.5. The first-order valence-corrected chi connectivity index (χ1v) is 9.50. The highest BCUT2D eigenvalue weighted by Gasteiger charge is 2.38. The van der Waals surface area contributed by atoms with Crippen LogP contribution in [-0.4, -0.2) is 17.2 Å². The molecule has 4 nitrogen and oxygen atoms in total. The zero-order valence-corrected chi connectivity index (χ0v) is 17.5. The Bertz CT molecular complexity index is 1110. The van der Waals surface area contributed by atoms with Crippen molar-refractivity contribution in [3.63, 3.8) is 0 Å². The Morgan fingerprint density at radius 1 is 1.39 bits per heavy atom. The van der Waals surface area contributed by atoms with Crippen molar-refractivity contribution >= 4 is 40.0 Å². The molecule has 0 amide bonds. The predicted octanol–water partition coefficient (Wildman–Crippen LogP) is 7.27. The van der Waals surface area contributed by atoms with E-state index in [0.29, 0.717) is 0 Å². The highest BCUT2D eigenvalue weighted by molar-refractivity contribution is 6.30. The van der Waals surface area contributed by atoms with E-state index in [1.807, 2.05) is 0 Å². The second-order valence-electron chi connectivity index (χ2n) is 6.04. The van der Waals surface area contributed by atoms with Gasteiger partial charge in [-0.3, -0.25) is 0 Å². The van der Waals surface area contributed by atoms with Gasteiger partial charge in [0.25, 0.3) is 0 Å². The van der Waals surface area contributed by atoms with Gasteiger partial charge in [-0.1, -0.05) is 41.6 Å². The Morgan fingerprint density at radius 3 is 2.65 bits per heavy atom. The van der Waals surface area contributed by atoms with Gasteiger partial charge in [0.05, 0.1) is 5.88 Å². The van der Waals surface area contributed by atoms with Gasteiger partial charge in [-0.15, -0.1) is 11.6 Å². The summed E-state index contributed by atoms with van der Waals surface area (Å²) in [5.74, 6) is -1.70. The molecule has 1 aromatic carbocycles. The average molecular weight is 472 g/mol. The molecule has 1 N–H and O–H groups in total. The van der Waals surface area contributed by atoms with Crippen molar-refractivity contribution in [3.05, 3.63) is 82.6 Å². The summed E-state index contributed by atoms with van der Waals surface area (Å²) >= 11 is 11.6. The summed E-state index contributed by atoms with van der Waals surface area (Å²) in [7, 11) is 0. The predicted molar refractivity (Wildman–Crippen MR) is 113 cm³/mol. The molecule has 10 heteroatoms. The Morgan fingerprint density at radius 2 is 2.10 bits per heavy atom. The molecular formula is C21H15Cl2F4N3O. The van der Waals surface area contributed by atoms with Crippen molar-refractivity contribution in [2.24, 2.45) is 0 Å². The van der Waals surface area contributed by atoms with E-state index in [-0.39, 0.29) is 27.5 Å². The molecule has 1 heterocycles. The number of hydrogen-bond acceptors (Lipinski definition) is 4. The molecule has 162 valence electrons. The van der Waals surface area contributed by atoms with E-state index in [0.717, 1.165) is 13.0 Å². The number of alkyl halides is 4. The zero-order valence-electron chi connectivity index (χ0n) is 16.0. The van der Waals surface area contributed by atoms with Crippen molar-refractivity contribution in [3.8, 4) is 6.07 Å². The van der Waals surface area contributed by atoms with Crippen molar-refractivity contribution in [2.45, 2.75) is 13.1 Å². The monoisotopic (exact) mass is 471 g/mol. The molecule has 0 aliphatic carbocycles. The van der Waals surface area contributed by atoms with Crippen LogP contribution in [0.1, 0.15) is 23.9 Å². The van der Waals surface area contributed by atoms with Crippen LogP contribution in [0.15, 0.2) is 65.1 Å². The van der Waals surface area contributed by atoms with Crippen LogP contribution >= 0.6 is 23.2 Å². The number of rotatable bonds is 7. The van der Waals surface area contributed by atoms with Crippen molar-refractivity contribution < 1.29 is 22.1 Å². The lowest BCUT2D eigenvalue weighted by Gasteiger charge is -2.17. The number of nitrogens with zero attached hydrogens (tertiary/aromatic N) is 2. The molecule has 0 aliphatic rings. The lowest BCUT2D eigenvalue weighted by molar-refractivity contribution is -0.0897. The molecule has 0 bridgehead atoms. The van der Waals surface area contributed by atoms with Crippen LogP contribution in [-0.2, 0) is 0 Å². The molecule has 0 atom stereocenters. The fourth-order valence-electron chi connectivity index (χ4n) is 2.55. The van der Waals surface area contributed by atoms with Gasteiger partial charge >= 0.3 is 6.18 Å². The minimum atomic E-state index is -4.84. The van der Waals surface area contributed by atoms with Gasteiger partial charge < -0.3 is 9.84 Å². The van der Waals surface area contributed by atoms with Gasteiger partial charge in [0.15, 0.2) is 5.76 Å². The lowest BCUT2D eigenvalue weighted by Crippen LogP contribution is -2.20. The van der Waals surface area contributed by atoms with Crippen LogP contribution in [0.25, 0.3) is 11.1 Å². The number of aromatic nitrogens is 1. The normalized spacial score (nSPS) is 13.5. The second kappa shape index (κ2) is 10.3. The second-order valence-corrected chi connectivity index (χ2v) is 6.74. The largest absolute Gasteiger partial charge is 0.431 e. The van der Waals surface area contributed by atoms with Crippen molar-refractivity contribution in [1.82, 2.24) is 5.16 Å². The lowest BCUT2D eigenvalue weighted by atomic mass is 10.0. The maximum absolute atomic E-state index is 14.4. The van der Waals surface area contributed by atoms with E-state index in [1.54, 1.807) is 6.07 Å². The fraction of sp³-hybridized carbons (Fsp3) is 0.143. The summed E-state index contributed by atoms with van der Waals surface area (Å²) in [6, 6.07) is 7.38. The Kier molecular flexibility index (Phi) is 8.08. The first-order chi connectivity index (χ1) is 14.6. The number of hydrogen-bond donors (Lipinski definition) is 1. The molecule has 0 spiro atoms. The summed E-state index contributed by atoms with van der Waals surface area (Å²) < 4.78 is 60.7. The van der Waals surface area contributed by atoms with Crippen LogP contribution in [0.2, 0.25) is 5.02 Å². The molecule has 0 saturated carbocycles.